The minimum Gasteiger partial charge on any atom is -0.457 e. The quantitative estimate of drug-likeness (QED) is 0.153. The Kier molecular flexibility index (Phi) is 7.59. The molecule has 2 aromatic heterocycles. The topological polar surface area (TPSA) is 111 Å². The summed E-state index contributed by atoms with van der Waals surface area (Å²) in [4.78, 5) is 59.7. The maximum Gasteiger partial charge on any atom is 0.266 e. The number of carbonyl (C=O) groups is 3. The average Bonchev–Trinajstić information content (AvgIpc) is 3.48. The van der Waals surface area contributed by atoms with Crippen LogP contribution in [0.25, 0.3) is 10.2 Å². The van der Waals surface area contributed by atoms with E-state index in [1.54, 1.807) is 66.1 Å². The number of hydrogen-bond donors (Lipinski definition) is 1. The number of hydrogen-bond acceptors (Lipinski definition) is 8. The third kappa shape index (κ3) is 5.10. The molecule has 216 valence electrons. The monoisotopic (exact) mass is 610 g/mol. The molecule has 0 spiro atoms. The van der Waals surface area contributed by atoms with Gasteiger partial charge in [0.2, 0.25) is 0 Å². The highest BCUT2D eigenvalue weighted by atomic mass is 32.2. The van der Waals surface area contributed by atoms with Gasteiger partial charge in [-0.15, -0.1) is 23.1 Å². The van der Waals surface area contributed by atoms with E-state index in [1.165, 1.54) is 34.3 Å². The number of nitrogens with one attached hydrogen (secondary N) is 1. The number of nitrogens with zero attached hydrogens (tertiary/aromatic N) is 3. The minimum atomic E-state index is -0.402. The van der Waals surface area contributed by atoms with Gasteiger partial charge in [0, 0.05) is 17.1 Å². The van der Waals surface area contributed by atoms with Crippen molar-refractivity contribution in [2.45, 2.75) is 31.7 Å². The normalized spacial score (nSPS) is 12.6. The summed E-state index contributed by atoms with van der Waals surface area (Å²) in [6.45, 7) is 4.32. The molecule has 0 atom stereocenters. The van der Waals surface area contributed by atoms with Gasteiger partial charge < -0.3 is 10.1 Å². The largest absolute Gasteiger partial charge is 0.457 e. The molecule has 0 saturated carbocycles. The Labute approximate surface area is 255 Å². The minimum absolute atomic E-state index is 0.142. The maximum atomic E-state index is 13.3. The van der Waals surface area contributed by atoms with Crippen LogP contribution in [0.4, 0.5) is 11.4 Å². The van der Waals surface area contributed by atoms with Gasteiger partial charge in [-0.05, 0) is 79.8 Å². The maximum absolute atomic E-state index is 13.3. The Morgan fingerprint density at radius 1 is 0.977 bits per heavy atom. The SMILES string of the molecule is CCCn1cnc2sc(C(=O)Nc3ccc(Oc4ccc5c(c4)C(=O)N(c4ccccc4SC)C5=O)cc3)c(C)c2c1=O. The molecule has 0 radical (unpaired) electrons. The number of rotatable bonds is 8. The summed E-state index contributed by atoms with van der Waals surface area (Å²) in [6.07, 6.45) is 4.23. The lowest BCUT2D eigenvalue weighted by Gasteiger charge is -2.16. The van der Waals surface area contributed by atoms with E-state index in [1.807, 2.05) is 25.3 Å². The lowest BCUT2D eigenvalue weighted by molar-refractivity contribution is 0.0924. The van der Waals surface area contributed by atoms with Crippen molar-refractivity contribution in [2.24, 2.45) is 0 Å². The fourth-order valence-corrected chi connectivity index (χ4v) is 6.64. The zero-order valence-electron chi connectivity index (χ0n) is 23.5. The van der Waals surface area contributed by atoms with Crippen LogP contribution in [0, 0.1) is 6.92 Å². The van der Waals surface area contributed by atoms with Gasteiger partial charge in [-0.1, -0.05) is 19.1 Å². The van der Waals surface area contributed by atoms with Crippen molar-refractivity contribution in [2.75, 3.05) is 16.5 Å². The van der Waals surface area contributed by atoms with Crippen LogP contribution in [0.5, 0.6) is 11.5 Å². The van der Waals surface area contributed by atoms with Crippen LogP contribution < -0.4 is 20.5 Å². The second-order valence-electron chi connectivity index (χ2n) is 9.88. The average molecular weight is 611 g/mol. The molecule has 0 aliphatic carbocycles. The van der Waals surface area contributed by atoms with E-state index in [0.717, 1.165) is 11.3 Å². The number of aromatic nitrogens is 2. The first-order valence-corrected chi connectivity index (χ1v) is 15.6. The number of carbonyl (C=O) groups excluding carboxylic acids is 3. The summed E-state index contributed by atoms with van der Waals surface area (Å²) in [5, 5.41) is 3.35. The van der Waals surface area contributed by atoms with Crippen molar-refractivity contribution in [3.63, 3.8) is 0 Å². The van der Waals surface area contributed by atoms with E-state index >= 15 is 0 Å². The van der Waals surface area contributed by atoms with Crippen LogP contribution in [-0.2, 0) is 6.54 Å². The van der Waals surface area contributed by atoms with E-state index < -0.39 is 5.91 Å². The molecule has 3 amide bonds. The highest BCUT2D eigenvalue weighted by Gasteiger charge is 2.38. The highest BCUT2D eigenvalue weighted by Crippen LogP contribution is 2.36. The summed E-state index contributed by atoms with van der Waals surface area (Å²) >= 11 is 2.66. The fraction of sp³-hybridized carbons (Fsp3) is 0.156. The molecule has 6 rings (SSSR count). The van der Waals surface area contributed by atoms with E-state index in [9.17, 15) is 19.2 Å². The van der Waals surface area contributed by atoms with Crippen LogP contribution in [0.15, 0.2) is 82.7 Å². The molecule has 0 saturated heterocycles. The number of amides is 3. The van der Waals surface area contributed by atoms with Crippen molar-refractivity contribution in [3.05, 3.63) is 105 Å². The molecule has 1 aliphatic rings. The van der Waals surface area contributed by atoms with Gasteiger partial charge in [-0.25, -0.2) is 9.88 Å². The van der Waals surface area contributed by atoms with E-state index in [0.29, 0.717) is 55.6 Å². The molecule has 9 nitrogen and oxygen atoms in total. The third-order valence-corrected chi connectivity index (χ3v) is 9.10. The predicted molar refractivity (Wildman–Crippen MR) is 169 cm³/mol. The van der Waals surface area contributed by atoms with Gasteiger partial charge in [0.15, 0.2) is 0 Å². The number of aryl methyl sites for hydroxylation is 2. The van der Waals surface area contributed by atoms with Gasteiger partial charge >= 0.3 is 0 Å². The lowest BCUT2D eigenvalue weighted by Crippen LogP contribution is -2.29. The summed E-state index contributed by atoms with van der Waals surface area (Å²) in [6, 6.07) is 18.9. The van der Waals surface area contributed by atoms with Gasteiger partial charge in [0.05, 0.1) is 33.4 Å². The second kappa shape index (κ2) is 11.5. The van der Waals surface area contributed by atoms with Crippen molar-refractivity contribution in [3.8, 4) is 11.5 Å². The Hall–Kier alpha value is -4.74. The molecule has 43 heavy (non-hydrogen) atoms. The number of thiophene rings is 1. The van der Waals surface area contributed by atoms with Crippen molar-refractivity contribution in [1.29, 1.82) is 0 Å². The molecular weight excluding hydrogens is 585 g/mol. The summed E-state index contributed by atoms with van der Waals surface area (Å²) in [5.74, 6) is -0.215. The standard InChI is InChI=1S/C32H26N4O5S2/c1-4-15-35-17-33-29-26(32(35)40)18(2)27(43-29)28(37)34-19-9-11-20(12-10-19)41-21-13-14-22-23(16-21)31(39)36(30(22)38)24-7-5-6-8-25(24)42-3/h5-14,16-17H,4,15H2,1-3H3,(H,34,37). The lowest BCUT2D eigenvalue weighted by atomic mass is 10.1. The van der Waals surface area contributed by atoms with Crippen LogP contribution in [0.3, 0.4) is 0 Å². The third-order valence-electron chi connectivity index (χ3n) is 7.12. The molecular formula is C32H26N4O5S2. The van der Waals surface area contributed by atoms with Gasteiger partial charge in [-0.3, -0.25) is 23.7 Å². The first-order valence-electron chi connectivity index (χ1n) is 13.5. The molecule has 1 aliphatic heterocycles. The molecule has 11 heteroatoms. The fourth-order valence-electron chi connectivity index (χ4n) is 5.02. The Bertz CT molecular complexity index is 1980. The van der Waals surface area contributed by atoms with Crippen molar-refractivity contribution in [1.82, 2.24) is 9.55 Å². The molecule has 0 bridgehead atoms. The van der Waals surface area contributed by atoms with Crippen molar-refractivity contribution >= 4 is 62.4 Å². The van der Waals surface area contributed by atoms with E-state index in [2.05, 4.69) is 10.3 Å². The first kappa shape index (κ1) is 28.4. The molecule has 5 aromatic rings. The zero-order chi connectivity index (χ0) is 30.2. The summed E-state index contributed by atoms with van der Waals surface area (Å²) < 4.78 is 7.55. The van der Waals surface area contributed by atoms with Gasteiger partial charge in [0.1, 0.15) is 16.3 Å². The first-order chi connectivity index (χ1) is 20.8. The Balaban J connectivity index is 1.17. The van der Waals surface area contributed by atoms with Crippen LogP contribution in [-0.4, -0.2) is 33.5 Å². The van der Waals surface area contributed by atoms with Crippen LogP contribution in [0.1, 0.15) is 49.3 Å². The summed E-state index contributed by atoms with van der Waals surface area (Å²) in [5.41, 5.74) is 2.16. The van der Waals surface area contributed by atoms with E-state index in [4.69, 9.17) is 4.74 Å². The smallest absolute Gasteiger partial charge is 0.266 e. The number of thioether (sulfide) groups is 1. The number of anilines is 2. The van der Waals surface area contributed by atoms with Crippen LogP contribution >= 0.6 is 23.1 Å². The highest BCUT2D eigenvalue weighted by molar-refractivity contribution is 7.98. The van der Waals surface area contributed by atoms with E-state index in [-0.39, 0.29) is 22.9 Å². The van der Waals surface area contributed by atoms with Gasteiger partial charge in [-0.2, -0.15) is 0 Å². The second-order valence-corrected chi connectivity index (χ2v) is 11.7. The number of ether oxygens (including phenoxy) is 1. The molecule has 0 unspecified atom stereocenters. The van der Waals surface area contributed by atoms with Crippen LogP contribution in [0.2, 0.25) is 0 Å². The molecule has 3 aromatic carbocycles. The number of benzene rings is 3. The molecule has 3 heterocycles. The number of imide groups is 1. The molecule has 1 N–H and O–H groups in total. The predicted octanol–water partition coefficient (Wildman–Crippen LogP) is 6.74. The Morgan fingerprint density at radius 3 is 2.44 bits per heavy atom. The summed E-state index contributed by atoms with van der Waals surface area (Å²) in [7, 11) is 0. The Morgan fingerprint density at radius 2 is 1.70 bits per heavy atom. The number of fused-ring (bicyclic) bond motifs is 2. The zero-order valence-corrected chi connectivity index (χ0v) is 25.2. The number of para-hydroxylation sites is 1. The molecule has 0 fully saturated rings. The van der Waals surface area contributed by atoms with Gasteiger partial charge in [0.25, 0.3) is 23.3 Å². The van der Waals surface area contributed by atoms with Crippen molar-refractivity contribution < 1.29 is 19.1 Å².